The molecule has 1 atom stereocenters. The van der Waals surface area contributed by atoms with Crippen LogP contribution in [0, 0.1) is 0 Å². The van der Waals surface area contributed by atoms with Gasteiger partial charge < -0.3 is 10.1 Å². The topological polar surface area (TPSA) is 119 Å². The fourth-order valence-corrected chi connectivity index (χ4v) is 5.66. The van der Waals surface area contributed by atoms with E-state index in [0.29, 0.717) is 5.56 Å². The van der Waals surface area contributed by atoms with Crippen LogP contribution in [0.1, 0.15) is 28.4 Å². The highest BCUT2D eigenvalue weighted by Crippen LogP contribution is 2.32. The van der Waals surface area contributed by atoms with E-state index in [-0.39, 0.29) is 33.3 Å². The number of fused-ring (bicyclic) bond motifs is 1. The van der Waals surface area contributed by atoms with Crippen molar-refractivity contribution in [3.8, 4) is 5.75 Å². The summed E-state index contributed by atoms with van der Waals surface area (Å²) in [6, 6.07) is 10.1. The number of sulfone groups is 1. The Morgan fingerprint density at radius 2 is 1.89 bits per heavy atom. The summed E-state index contributed by atoms with van der Waals surface area (Å²) < 4.78 is 56.1. The Balaban J connectivity index is 1.93. The number of nitrogens with one attached hydrogen (secondary N) is 2. The average Bonchev–Trinajstić information content (AvgIpc) is 2.69. The van der Waals surface area contributed by atoms with Gasteiger partial charge in [-0.2, -0.15) is 0 Å². The van der Waals surface area contributed by atoms with Crippen LogP contribution in [0.25, 0.3) is 0 Å². The minimum absolute atomic E-state index is 0.0725. The van der Waals surface area contributed by atoms with Gasteiger partial charge in [0.1, 0.15) is 10.6 Å². The second-order valence-electron chi connectivity index (χ2n) is 6.24. The summed E-state index contributed by atoms with van der Waals surface area (Å²) in [4.78, 5) is 12.8. The first-order valence-corrected chi connectivity index (χ1v) is 11.6. The lowest BCUT2D eigenvalue weighted by atomic mass is 10.0. The summed E-state index contributed by atoms with van der Waals surface area (Å²) in [6.45, 7) is 0. The van der Waals surface area contributed by atoms with Crippen LogP contribution in [-0.4, -0.2) is 42.7 Å². The van der Waals surface area contributed by atoms with Crippen molar-refractivity contribution in [2.75, 3.05) is 19.9 Å². The molecule has 1 heterocycles. The van der Waals surface area contributed by atoms with E-state index >= 15 is 0 Å². The Labute approximate surface area is 163 Å². The van der Waals surface area contributed by atoms with Crippen LogP contribution in [0.5, 0.6) is 5.75 Å². The Hall–Kier alpha value is -2.43. The van der Waals surface area contributed by atoms with Crippen LogP contribution in [0.4, 0.5) is 0 Å². The zero-order valence-electron chi connectivity index (χ0n) is 15.3. The molecule has 1 aliphatic heterocycles. The number of hydrogen-bond donors (Lipinski definition) is 2. The second-order valence-corrected chi connectivity index (χ2v) is 10.2. The zero-order valence-corrected chi connectivity index (χ0v) is 16.9. The summed E-state index contributed by atoms with van der Waals surface area (Å²) in [5.74, 6) is -0.467. The number of methoxy groups -OCH3 is 1. The minimum atomic E-state index is -3.83. The molecule has 1 aliphatic rings. The Morgan fingerprint density at radius 3 is 2.57 bits per heavy atom. The number of carbonyl (C=O) groups is 1. The van der Waals surface area contributed by atoms with Crippen molar-refractivity contribution in [1.82, 2.24) is 10.0 Å². The molecule has 0 bridgehead atoms. The molecule has 3 rings (SSSR count). The maximum Gasteiger partial charge on any atom is 0.251 e. The summed E-state index contributed by atoms with van der Waals surface area (Å²) in [5.41, 5.74) is 0.652. The van der Waals surface area contributed by atoms with Crippen molar-refractivity contribution in [2.24, 2.45) is 0 Å². The third-order valence-corrected chi connectivity index (χ3v) is 7.84. The molecular formula is C18H20N2O6S2. The first kappa shape index (κ1) is 20.3. The summed E-state index contributed by atoms with van der Waals surface area (Å²) >= 11 is 0. The standard InChI is InChI=1S/C18H20N2O6S2/c1-19-28(24,25)17-11-12(7-8-15(17)26-2)18(21)20-14-9-10-27(22,23)16-6-4-3-5-13(14)16/h3-8,11,14,19H,9-10H2,1-2H3,(H,20,21). The van der Waals surface area contributed by atoms with Gasteiger partial charge >= 0.3 is 0 Å². The van der Waals surface area contributed by atoms with Gasteiger partial charge in [-0.05, 0) is 43.3 Å². The molecule has 8 nitrogen and oxygen atoms in total. The summed E-state index contributed by atoms with van der Waals surface area (Å²) in [7, 11) is -4.60. The van der Waals surface area contributed by atoms with Gasteiger partial charge in [-0.25, -0.2) is 21.6 Å². The van der Waals surface area contributed by atoms with E-state index in [1.807, 2.05) is 0 Å². The molecule has 1 unspecified atom stereocenters. The van der Waals surface area contributed by atoms with Crippen molar-refractivity contribution < 1.29 is 26.4 Å². The largest absolute Gasteiger partial charge is 0.495 e. The molecule has 2 aromatic carbocycles. The normalized spacial score (nSPS) is 18.1. The Bertz CT molecular complexity index is 1130. The molecule has 28 heavy (non-hydrogen) atoms. The van der Waals surface area contributed by atoms with E-state index in [1.54, 1.807) is 18.2 Å². The highest BCUT2D eigenvalue weighted by atomic mass is 32.2. The fourth-order valence-electron chi connectivity index (χ4n) is 3.12. The molecule has 2 N–H and O–H groups in total. The number of carbonyl (C=O) groups excluding carboxylic acids is 1. The predicted octanol–water partition coefficient (Wildman–Crippen LogP) is 1.25. The third kappa shape index (κ3) is 3.75. The lowest BCUT2D eigenvalue weighted by Gasteiger charge is -2.26. The fraction of sp³-hybridized carbons (Fsp3) is 0.278. The molecule has 0 saturated carbocycles. The molecule has 0 spiro atoms. The summed E-state index contributed by atoms with van der Waals surface area (Å²) in [5, 5.41) is 2.80. The van der Waals surface area contributed by atoms with Crippen LogP contribution in [-0.2, 0) is 19.9 Å². The van der Waals surface area contributed by atoms with Gasteiger partial charge in [0.2, 0.25) is 10.0 Å². The van der Waals surface area contributed by atoms with E-state index in [2.05, 4.69) is 10.0 Å². The molecule has 0 saturated heterocycles. The molecule has 10 heteroatoms. The SMILES string of the molecule is CNS(=O)(=O)c1cc(C(=O)NC2CCS(=O)(=O)c3ccccc32)ccc1OC. The van der Waals surface area contributed by atoms with Crippen LogP contribution in [0.2, 0.25) is 0 Å². The van der Waals surface area contributed by atoms with Crippen LogP contribution in [0.15, 0.2) is 52.3 Å². The number of ether oxygens (including phenoxy) is 1. The molecular weight excluding hydrogens is 404 g/mol. The van der Waals surface area contributed by atoms with E-state index in [1.165, 1.54) is 38.4 Å². The molecule has 0 fully saturated rings. The number of hydrogen-bond acceptors (Lipinski definition) is 6. The number of benzene rings is 2. The maximum atomic E-state index is 12.7. The monoisotopic (exact) mass is 424 g/mol. The molecule has 150 valence electrons. The van der Waals surface area contributed by atoms with E-state index in [0.717, 1.165) is 0 Å². The molecule has 0 aliphatic carbocycles. The lowest BCUT2D eigenvalue weighted by molar-refractivity contribution is 0.0934. The molecule has 2 aromatic rings. The van der Waals surface area contributed by atoms with Crippen LogP contribution < -0.4 is 14.8 Å². The molecule has 1 amide bonds. The minimum Gasteiger partial charge on any atom is -0.495 e. The smallest absolute Gasteiger partial charge is 0.251 e. The average molecular weight is 425 g/mol. The van der Waals surface area contributed by atoms with Crippen molar-refractivity contribution in [3.05, 3.63) is 53.6 Å². The lowest BCUT2D eigenvalue weighted by Crippen LogP contribution is -2.34. The number of rotatable bonds is 5. The predicted molar refractivity (Wildman–Crippen MR) is 103 cm³/mol. The van der Waals surface area contributed by atoms with Crippen LogP contribution >= 0.6 is 0 Å². The van der Waals surface area contributed by atoms with Gasteiger partial charge in [-0.15, -0.1) is 0 Å². The van der Waals surface area contributed by atoms with E-state index in [4.69, 9.17) is 4.74 Å². The van der Waals surface area contributed by atoms with Gasteiger partial charge in [0.15, 0.2) is 9.84 Å². The van der Waals surface area contributed by atoms with Crippen molar-refractivity contribution in [3.63, 3.8) is 0 Å². The van der Waals surface area contributed by atoms with Gasteiger partial charge in [0, 0.05) is 5.56 Å². The van der Waals surface area contributed by atoms with E-state index in [9.17, 15) is 21.6 Å². The van der Waals surface area contributed by atoms with Crippen LogP contribution in [0.3, 0.4) is 0 Å². The zero-order chi connectivity index (χ0) is 20.5. The number of sulfonamides is 1. The highest BCUT2D eigenvalue weighted by Gasteiger charge is 2.31. The number of amides is 1. The third-order valence-electron chi connectivity index (χ3n) is 4.59. The Kier molecular flexibility index (Phi) is 5.46. The van der Waals surface area contributed by atoms with Gasteiger partial charge in [-0.3, -0.25) is 4.79 Å². The van der Waals surface area contributed by atoms with Gasteiger partial charge in [0.25, 0.3) is 5.91 Å². The van der Waals surface area contributed by atoms with Gasteiger partial charge in [0.05, 0.1) is 23.8 Å². The van der Waals surface area contributed by atoms with Crippen molar-refractivity contribution in [1.29, 1.82) is 0 Å². The quantitative estimate of drug-likeness (QED) is 0.746. The second kappa shape index (κ2) is 7.53. The van der Waals surface area contributed by atoms with Crippen molar-refractivity contribution in [2.45, 2.75) is 22.3 Å². The van der Waals surface area contributed by atoms with Crippen molar-refractivity contribution >= 4 is 25.8 Å². The highest BCUT2D eigenvalue weighted by molar-refractivity contribution is 7.91. The molecule has 0 radical (unpaired) electrons. The first-order valence-electron chi connectivity index (χ1n) is 8.44. The van der Waals surface area contributed by atoms with E-state index < -0.39 is 31.8 Å². The summed E-state index contributed by atoms with van der Waals surface area (Å²) in [6.07, 6.45) is 0.239. The molecule has 0 aromatic heterocycles. The maximum absolute atomic E-state index is 12.7. The Morgan fingerprint density at radius 1 is 1.18 bits per heavy atom. The van der Waals surface area contributed by atoms with Gasteiger partial charge in [-0.1, -0.05) is 18.2 Å². The first-order chi connectivity index (χ1) is 13.2.